The monoisotopic (exact) mass is 243 g/mol. The highest BCUT2D eigenvalue weighted by molar-refractivity contribution is 5.57. The van der Waals surface area contributed by atoms with Crippen LogP contribution in [0.1, 0.15) is 24.3 Å². The molecule has 1 aromatic rings. The number of benzene rings is 1. The van der Waals surface area contributed by atoms with Crippen molar-refractivity contribution in [2.24, 2.45) is 0 Å². The molecule has 0 aliphatic carbocycles. The number of hydrogen-bond acceptors (Lipinski definition) is 3. The van der Waals surface area contributed by atoms with Gasteiger partial charge in [-0.1, -0.05) is 12.1 Å². The smallest absolute Gasteiger partial charge is 0.387 e. The van der Waals surface area contributed by atoms with Crippen LogP contribution in [-0.2, 0) is 4.74 Å². The lowest BCUT2D eigenvalue weighted by Crippen LogP contribution is -2.16. The minimum absolute atomic E-state index is 0.120. The lowest BCUT2D eigenvalue weighted by atomic mass is 9.90. The van der Waals surface area contributed by atoms with Crippen LogP contribution in [0.25, 0.3) is 0 Å². The lowest BCUT2D eigenvalue weighted by molar-refractivity contribution is -0.0504. The third-order valence-electron chi connectivity index (χ3n) is 2.94. The summed E-state index contributed by atoms with van der Waals surface area (Å²) in [5, 5.41) is 0. The Kier molecular flexibility index (Phi) is 3.78. The van der Waals surface area contributed by atoms with E-state index in [0.717, 1.165) is 18.4 Å². The molecule has 1 saturated heterocycles. The van der Waals surface area contributed by atoms with Gasteiger partial charge in [-0.2, -0.15) is 8.78 Å². The first-order chi connectivity index (χ1) is 8.18. The first-order valence-corrected chi connectivity index (χ1v) is 5.59. The molecule has 1 aromatic carbocycles. The van der Waals surface area contributed by atoms with Gasteiger partial charge in [0, 0.05) is 13.2 Å². The van der Waals surface area contributed by atoms with Gasteiger partial charge in [-0.15, -0.1) is 0 Å². The molecule has 3 nitrogen and oxygen atoms in total. The molecule has 0 aromatic heterocycles. The average Bonchev–Trinajstić information content (AvgIpc) is 2.32. The summed E-state index contributed by atoms with van der Waals surface area (Å²) in [4.78, 5) is 0. The Balaban J connectivity index is 2.27. The summed E-state index contributed by atoms with van der Waals surface area (Å²) >= 11 is 0. The quantitative estimate of drug-likeness (QED) is 0.830. The van der Waals surface area contributed by atoms with E-state index in [-0.39, 0.29) is 17.4 Å². The Labute approximate surface area is 98.5 Å². The van der Waals surface area contributed by atoms with E-state index in [1.165, 1.54) is 0 Å². The largest absolute Gasteiger partial charge is 0.432 e. The van der Waals surface area contributed by atoms with Crippen molar-refractivity contribution in [1.82, 2.24) is 0 Å². The molecule has 1 aliphatic rings. The van der Waals surface area contributed by atoms with Gasteiger partial charge in [-0.25, -0.2) is 0 Å². The molecule has 2 N–H and O–H groups in total. The fraction of sp³-hybridized carbons (Fsp3) is 0.500. The fourth-order valence-corrected chi connectivity index (χ4v) is 2.13. The molecule has 2 rings (SSSR count). The van der Waals surface area contributed by atoms with Gasteiger partial charge in [-0.05, 0) is 30.4 Å². The highest BCUT2D eigenvalue weighted by Crippen LogP contribution is 2.37. The highest BCUT2D eigenvalue weighted by Gasteiger charge is 2.22. The number of rotatable bonds is 3. The van der Waals surface area contributed by atoms with E-state index in [1.54, 1.807) is 18.2 Å². The SMILES string of the molecule is Nc1cccc(C2CCOCC2)c1OC(F)F. The van der Waals surface area contributed by atoms with E-state index < -0.39 is 6.61 Å². The van der Waals surface area contributed by atoms with Crippen molar-refractivity contribution in [1.29, 1.82) is 0 Å². The normalized spacial score (nSPS) is 17.4. The minimum Gasteiger partial charge on any atom is -0.432 e. The average molecular weight is 243 g/mol. The molecule has 0 amide bonds. The van der Waals surface area contributed by atoms with Gasteiger partial charge < -0.3 is 15.2 Å². The van der Waals surface area contributed by atoms with Crippen LogP contribution in [0.5, 0.6) is 5.75 Å². The summed E-state index contributed by atoms with van der Waals surface area (Å²) in [5.74, 6) is 0.301. The number of nitrogen functional groups attached to an aromatic ring is 1. The zero-order valence-corrected chi connectivity index (χ0v) is 9.36. The van der Waals surface area contributed by atoms with Crippen LogP contribution in [0.3, 0.4) is 0 Å². The van der Waals surface area contributed by atoms with Gasteiger partial charge in [0.15, 0.2) is 5.75 Å². The number of para-hydroxylation sites is 1. The van der Waals surface area contributed by atoms with Crippen molar-refractivity contribution in [3.63, 3.8) is 0 Å². The van der Waals surface area contributed by atoms with Crippen LogP contribution in [0.2, 0.25) is 0 Å². The molecular formula is C12H15F2NO2. The van der Waals surface area contributed by atoms with E-state index in [4.69, 9.17) is 10.5 Å². The lowest BCUT2D eigenvalue weighted by Gasteiger charge is -2.24. The molecule has 0 saturated carbocycles. The Morgan fingerprint density at radius 2 is 2.00 bits per heavy atom. The molecule has 0 radical (unpaired) electrons. The molecule has 1 aliphatic heterocycles. The Hall–Kier alpha value is -1.36. The molecule has 94 valence electrons. The number of alkyl halides is 2. The number of hydrogen-bond donors (Lipinski definition) is 1. The van der Waals surface area contributed by atoms with Gasteiger partial charge in [0.1, 0.15) is 0 Å². The fourth-order valence-electron chi connectivity index (χ4n) is 2.13. The molecule has 1 fully saturated rings. The van der Waals surface area contributed by atoms with Crippen molar-refractivity contribution >= 4 is 5.69 Å². The van der Waals surface area contributed by atoms with Crippen LogP contribution in [0, 0.1) is 0 Å². The summed E-state index contributed by atoms with van der Waals surface area (Å²) in [6.45, 7) is -1.56. The first-order valence-electron chi connectivity index (χ1n) is 5.59. The van der Waals surface area contributed by atoms with Crippen molar-refractivity contribution < 1.29 is 18.3 Å². The number of nitrogens with two attached hydrogens (primary N) is 1. The molecule has 5 heteroatoms. The van der Waals surface area contributed by atoms with E-state index in [0.29, 0.717) is 13.2 Å². The summed E-state index contributed by atoms with van der Waals surface area (Å²) in [7, 11) is 0. The second kappa shape index (κ2) is 5.31. The Morgan fingerprint density at radius 1 is 1.29 bits per heavy atom. The van der Waals surface area contributed by atoms with Crippen molar-refractivity contribution in [2.75, 3.05) is 18.9 Å². The maximum Gasteiger partial charge on any atom is 0.387 e. The summed E-state index contributed by atoms with van der Waals surface area (Å²) in [6.07, 6.45) is 1.62. The van der Waals surface area contributed by atoms with Gasteiger partial charge in [-0.3, -0.25) is 0 Å². The first kappa shape index (κ1) is 12.1. The van der Waals surface area contributed by atoms with E-state index >= 15 is 0 Å². The van der Waals surface area contributed by atoms with Gasteiger partial charge in [0.05, 0.1) is 5.69 Å². The topological polar surface area (TPSA) is 44.5 Å². The summed E-state index contributed by atoms with van der Waals surface area (Å²) in [6, 6.07) is 5.13. The standard InChI is InChI=1S/C12H15F2NO2/c13-12(14)17-11-9(2-1-3-10(11)15)8-4-6-16-7-5-8/h1-3,8,12H,4-7,15H2. The predicted molar refractivity (Wildman–Crippen MR) is 60.3 cm³/mol. The maximum atomic E-state index is 12.3. The van der Waals surface area contributed by atoms with Crippen molar-refractivity contribution in [2.45, 2.75) is 25.4 Å². The predicted octanol–water partition coefficient (Wildman–Crippen LogP) is 2.76. The number of halogens is 2. The molecule has 0 atom stereocenters. The third kappa shape index (κ3) is 2.85. The van der Waals surface area contributed by atoms with Crippen LogP contribution in [0.15, 0.2) is 18.2 Å². The molecule has 17 heavy (non-hydrogen) atoms. The van der Waals surface area contributed by atoms with Crippen molar-refractivity contribution in [3.05, 3.63) is 23.8 Å². The number of ether oxygens (including phenoxy) is 2. The number of anilines is 1. The van der Waals surface area contributed by atoms with Crippen LogP contribution >= 0.6 is 0 Å². The van der Waals surface area contributed by atoms with E-state index in [9.17, 15) is 8.78 Å². The summed E-state index contributed by atoms with van der Waals surface area (Å²) in [5.41, 5.74) is 6.70. The van der Waals surface area contributed by atoms with Gasteiger partial charge >= 0.3 is 6.61 Å². The molecule has 0 unspecified atom stereocenters. The maximum absolute atomic E-state index is 12.3. The molecule has 1 heterocycles. The zero-order valence-electron chi connectivity index (χ0n) is 9.36. The van der Waals surface area contributed by atoms with Crippen LogP contribution in [0.4, 0.5) is 14.5 Å². The zero-order chi connectivity index (χ0) is 12.3. The second-order valence-corrected chi connectivity index (χ2v) is 4.03. The van der Waals surface area contributed by atoms with Gasteiger partial charge in [0.25, 0.3) is 0 Å². The molecule has 0 spiro atoms. The third-order valence-corrected chi connectivity index (χ3v) is 2.94. The van der Waals surface area contributed by atoms with Crippen LogP contribution < -0.4 is 10.5 Å². The molecular weight excluding hydrogens is 228 g/mol. The molecule has 0 bridgehead atoms. The van der Waals surface area contributed by atoms with E-state index in [2.05, 4.69) is 4.74 Å². The Bertz CT molecular complexity index is 379. The highest BCUT2D eigenvalue weighted by atomic mass is 19.3. The minimum atomic E-state index is -2.85. The Morgan fingerprint density at radius 3 is 2.65 bits per heavy atom. The second-order valence-electron chi connectivity index (χ2n) is 4.03. The van der Waals surface area contributed by atoms with Crippen LogP contribution in [-0.4, -0.2) is 19.8 Å². The van der Waals surface area contributed by atoms with Crippen molar-refractivity contribution in [3.8, 4) is 5.75 Å². The van der Waals surface area contributed by atoms with E-state index in [1.807, 2.05) is 0 Å². The summed E-state index contributed by atoms with van der Waals surface area (Å²) < 4.78 is 34.5. The van der Waals surface area contributed by atoms with Gasteiger partial charge in [0.2, 0.25) is 0 Å².